The van der Waals surface area contributed by atoms with Crippen molar-refractivity contribution in [3.8, 4) is 0 Å². The number of carbonyl (C=O) groups is 1. The number of hydrogen-bond donors (Lipinski definition) is 0. The second-order valence-electron chi connectivity index (χ2n) is 6.78. The van der Waals surface area contributed by atoms with Gasteiger partial charge in [0.15, 0.2) is 5.17 Å². The van der Waals surface area contributed by atoms with Gasteiger partial charge in [-0.25, -0.2) is 0 Å². The number of amides is 1. The van der Waals surface area contributed by atoms with Crippen LogP contribution >= 0.6 is 11.8 Å². The van der Waals surface area contributed by atoms with Gasteiger partial charge in [0, 0.05) is 0 Å². The number of amidine groups is 1. The highest BCUT2D eigenvalue weighted by Gasteiger charge is 2.39. The Morgan fingerprint density at radius 2 is 1.59 bits per heavy atom. The van der Waals surface area contributed by atoms with E-state index in [1.807, 2.05) is 72.8 Å². The summed E-state index contributed by atoms with van der Waals surface area (Å²) in [6.45, 7) is 2.08. The summed E-state index contributed by atoms with van der Waals surface area (Å²) in [4.78, 5) is 14.9. The van der Waals surface area contributed by atoms with Crippen LogP contribution in [0.25, 0.3) is 0 Å². The van der Waals surface area contributed by atoms with Gasteiger partial charge in [-0.1, -0.05) is 84.6 Å². The predicted octanol–water partition coefficient (Wildman–Crippen LogP) is 5.08. The Balaban J connectivity index is 1.62. The fourth-order valence-corrected chi connectivity index (χ4v) is 4.32. The third kappa shape index (κ3) is 4.46. The van der Waals surface area contributed by atoms with Crippen molar-refractivity contribution in [1.82, 2.24) is 0 Å². The Morgan fingerprint density at radius 3 is 2.31 bits per heavy atom. The number of benzene rings is 3. The number of hydrogen-bond acceptors (Lipinski definition) is 4. The Bertz CT molecular complexity index is 1050. The van der Waals surface area contributed by atoms with Crippen LogP contribution in [0, 0.1) is 6.92 Å². The van der Waals surface area contributed by atoms with Crippen LogP contribution < -0.4 is 4.90 Å². The predicted molar refractivity (Wildman–Crippen MR) is 122 cm³/mol. The molecule has 0 bridgehead atoms. The molecular weight excluding hydrogens is 378 g/mol. The van der Waals surface area contributed by atoms with Crippen LogP contribution in [0.4, 0.5) is 5.69 Å². The van der Waals surface area contributed by atoms with Crippen molar-refractivity contribution in [1.29, 1.82) is 0 Å². The molecule has 1 unspecified atom stereocenters. The van der Waals surface area contributed by atoms with E-state index >= 15 is 0 Å². The summed E-state index contributed by atoms with van der Waals surface area (Å²) in [5, 5.41) is 9.02. The maximum absolute atomic E-state index is 13.2. The Labute approximate surface area is 175 Å². The standard InChI is InChI=1S/C24H21N3OS/c1-18-10-8-9-13-20(18)16-22-23(28)27(21-14-6-3-7-15-21)24(29-22)26-25-17-19-11-4-2-5-12-19/h2-15,17,22H,16H2,1H3/b25-17+,26-24+. The van der Waals surface area contributed by atoms with E-state index in [0.717, 1.165) is 11.3 Å². The van der Waals surface area contributed by atoms with Crippen molar-refractivity contribution in [3.63, 3.8) is 0 Å². The number of thioether (sulfide) groups is 1. The fourth-order valence-electron chi connectivity index (χ4n) is 3.20. The van der Waals surface area contributed by atoms with Crippen molar-refractivity contribution in [2.24, 2.45) is 10.2 Å². The Hall–Kier alpha value is -3.18. The molecule has 29 heavy (non-hydrogen) atoms. The van der Waals surface area contributed by atoms with Gasteiger partial charge in [0.2, 0.25) is 5.91 Å². The largest absolute Gasteiger partial charge is 0.273 e. The molecule has 4 rings (SSSR count). The van der Waals surface area contributed by atoms with Gasteiger partial charge >= 0.3 is 0 Å². The van der Waals surface area contributed by atoms with E-state index in [4.69, 9.17) is 0 Å². The average molecular weight is 400 g/mol. The lowest BCUT2D eigenvalue weighted by molar-refractivity contribution is -0.116. The Morgan fingerprint density at radius 1 is 0.931 bits per heavy atom. The molecule has 0 aliphatic carbocycles. The molecule has 144 valence electrons. The van der Waals surface area contributed by atoms with E-state index < -0.39 is 0 Å². The summed E-state index contributed by atoms with van der Waals surface area (Å²) in [6.07, 6.45) is 2.37. The van der Waals surface area contributed by atoms with Gasteiger partial charge in [-0.3, -0.25) is 9.69 Å². The van der Waals surface area contributed by atoms with Gasteiger partial charge < -0.3 is 0 Å². The van der Waals surface area contributed by atoms with Crippen LogP contribution in [0.5, 0.6) is 0 Å². The first kappa shape index (κ1) is 19.2. The Kier molecular flexibility index (Phi) is 5.86. The molecule has 1 amide bonds. The van der Waals surface area contributed by atoms with Gasteiger partial charge in [0.05, 0.1) is 17.2 Å². The third-order valence-electron chi connectivity index (χ3n) is 4.77. The van der Waals surface area contributed by atoms with E-state index in [1.54, 1.807) is 11.1 Å². The van der Waals surface area contributed by atoms with E-state index in [2.05, 4.69) is 29.3 Å². The molecule has 0 spiro atoms. The molecular formula is C24H21N3OS. The summed E-state index contributed by atoms with van der Waals surface area (Å²) in [5.74, 6) is 0.0399. The van der Waals surface area contributed by atoms with Crippen molar-refractivity contribution >= 4 is 34.7 Å². The van der Waals surface area contributed by atoms with Crippen LogP contribution in [0.2, 0.25) is 0 Å². The van der Waals surface area contributed by atoms with E-state index in [0.29, 0.717) is 11.6 Å². The van der Waals surface area contributed by atoms with Gasteiger partial charge in [0.1, 0.15) is 0 Å². The summed E-state index contributed by atoms with van der Waals surface area (Å²) < 4.78 is 0. The number of nitrogens with zero attached hydrogens (tertiary/aromatic N) is 3. The first-order valence-corrected chi connectivity index (χ1v) is 10.4. The zero-order valence-electron chi connectivity index (χ0n) is 16.1. The van der Waals surface area contributed by atoms with Gasteiger partial charge in [-0.05, 0) is 42.2 Å². The minimum absolute atomic E-state index is 0.0399. The molecule has 5 heteroatoms. The SMILES string of the molecule is Cc1ccccc1CC1S/C(=N/N=C/c2ccccc2)N(c2ccccc2)C1=O. The quantitative estimate of drug-likeness (QED) is 0.444. The maximum Gasteiger partial charge on any atom is 0.247 e. The number of anilines is 1. The third-order valence-corrected chi connectivity index (χ3v) is 5.89. The summed E-state index contributed by atoms with van der Waals surface area (Å²) in [5.41, 5.74) is 4.15. The zero-order chi connectivity index (χ0) is 20.1. The van der Waals surface area contributed by atoms with Gasteiger partial charge in [-0.2, -0.15) is 5.10 Å². The highest BCUT2D eigenvalue weighted by atomic mass is 32.2. The number of carbonyl (C=O) groups excluding carboxylic acids is 1. The van der Waals surface area contributed by atoms with Crippen LogP contribution in [0.15, 0.2) is 95.1 Å². The van der Waals surface area contributed by atoms with Crippen LogP contribution in [-0.4, -0.2) is 22.5 Å². The normalized spacial score (nSPS) is 18.1. The topological polar surface area (TPSA) is 45.0 Å². The number of para-hydroxylation sites is 1. The first-order valence-electron chi connectivity index (χ1n) is 9.48. The van der Waals surface area contributed by atoms with Crippen molar-refractivity contribution in [2.45, 2.75) is 18.6 Å². The first-order chi connectivity index (χ1) is 14.2. The van der Waals surface area contributed by atoms with Gasteiger partial charge in [-0.15, -0.1) is 5.10 Å². The molecule has 1 fully saturated rings. The summed E-state index contributed by atoms with van der Waals surface area (Å²) >= 11 is 1.47. The molecule has 0 N–H and O–H groups in total. The molecule has 1 aliphatic rings. The minimum atomic E-state index is -0.220. The fraction of sp³-hybridized carbons (Fsp3) is 0.125. The van der Waals surface area contributed by atoms with Crippen LogP contribution in [0.3, 0.4) is 0 Å². The molecule has 1 atom stereocenters. The van der Waals surface area contributed by atoms with Crippen LogP contribution in [0.1, 0.15) is 16.7 Å². The molecule has 0 aromatic heterocycles. The smallest absolute Gasteiger partial charge is 0.247 e. The minimum Gasteiger partial charge on any atom is -0.273 e. The lowest BCUT2D eigenvalue weighted by Crippen LogP contribution is -2.32. The monoisotopic (exact) mass is 399 g/mol. The molecule has 0 saturated carbocycles. The maximum atomic E-state index is 13.2. The van der Waals surface area contributed by atoms with E-state index in [-0.39, 0.29) is 11.2 Å². The zero-order valence-corrected chi connectivity index (χ0v) is 16.9. The van der Waals surface area contributed by atoms with Gasteiger partial charge in [0.25, 0.3) is 0 Å². The highest BCUT2D eigenvalue weighted by molar-refractivity contribution is 8.16. The van der Waals surface area contributed by atoms with Crippen molar-refractivity contribution in [2.75, 3.05) is 4.90 Å². The van der Waals surface area contributed by atoms with Crippen LogP contribution in [-0.2, 0) is 11.2 Å². The molecule has 1 heterocycles. The molecule has 3 aromatic rings. The van der Waals surface area contributed by atoms with Crippen molar-refractivity contribution in [3.05, 3.63) is 102 Å². The molecule has 3 aromatic carbocycles. The average Bonchev–Trinajstić information content (AvgIpc) is 3.06. The van der Waals surface area contributed by atoms with E-state index in [9.17, 15) is 4.79 Å². The lowest BCUT2D eigenvalue weighted by atomic mass is 10.0. The lowest BCUT2D eigenvalue weighted by Gasteiger charge is -2.15. The van der Waals surface area contributed by atoms with E-state index in [1.165, 1.54) is 22.9 Å². The second kappa shape index (κ2) is 8.88. The van der Waals surface area contributed by atoms with Crippen molar-refractivity contribution < 1.29 is 4.79 Å². The molecule has 1 aliphatic heterocycles. The molecule has 1 saturated heterocycles. The second-order valence-corrected chi connectivity index (χ2v) is 7.95. The summed E-state index contributed by atoms with van der Waals surface area (Å²) in [7, 11) is 0. The molecule has 0 radical (unpaired) electrons. The highest BCUT2D eigenvalue weighted by Crippen LogP contribution is 2.34. The number of rotatable bonds is 5. The summed E-state index contributed by atoms with van der Waals surface area (Å²) in [6, 6.07) is 27.6. The number of aryl methyl sites for hydroxylation is 1. The molecule has 4 nitrogen and oxygen atoms in total.